The van der Waals surface area contributed by atoms with Crippen molar-refractivity contribution in [3.05, 3.63) is 35.4 Å². The molecule has 0 bridgehead atoms. The average Bonchev–Trinajstić information content (AvgIpc) is 2.49. The summed E-state index contributed by atoms with van der Waals surface area (Å²) in [5.41, 5.74) is 7.34. The van der Waals surface area contributed by atoms with Gasteiger partial charge in [0.05, 0.1) is 5.25 Å². The van der Waals surface area contributed by atoms with Gasteiger partial charge in [-0.15, -0.1) is 0 Å². The van der Waals surface area contributed by atoms with Crippen LogP contribution in [0.5, 0.6) is 0 Å². The third-order valence-corrected chi connectivity index (χ3v) is 5.82. The molecule has 1 amide bonds. The number of piperidine rings is 1. The Balaban J connectivity index is 1.95. The first-order valence-electron chi connectivity index (χ1n) is 7.91. The van der Waals surface area contributed by atoms with E-state index in [9.17, 15) is 13.2 Å². The van der Waals surface area contributed by atoms with E-state index in [1.54, 1.807) is 12.1 Å². The minimum absolute atomic E-state index is 0.306. The highest BCUT2D eigenvalue weighted by atomic mass is 32.2. The molecule has 1 aliphatic heterocycles. The Morgan fingerprint density at radius 2 is 1.83 bits per heavy atom. The maximum absolute atomic E-state index is 12.0. The van der Waals surface area contributed by atoms with E-state index in [2.05, 4.69) is 9.62 Å². The maximum Gasteiger partial charge on any atom is 0.264 e. The quantitative estimate of drug-likeness (QED) is 0.837. The zero-order valence-electron chi connectivity index (χ0n) is 13.7. The van der Waals surface area contributed by atoms with Crippen LogP contribution in [-0.2, 0) is 16.6 Å². The van der Waals surface area contributed by atoms with Crippen molar-refractivity contribution < 1.29 is 13.2 Å². The van der Waals surface area contributed by atoms with Crippen molar-refractivity contribution in [3.8, 4) is 0 Å². The third-order valence-electron chi connectivity index (χ3n) is 4.11. The van der Waals surface area contributed by atoms with Gasteiger partial charge in [0.15, 0.2) is 0 Å². The SMILES string of the molecule is CC(C)S(=O)(=O)NC(=O)c1ccc(CN2CCC(N)CC2)cc1. The van der Waals surface area contributed by atoms with Gasteiger partial charge in [0.25, 0.3) is 5.91 Å². The molecule has 1 aromatic rings. The van der Waals surface area contributed by atoms with Gasteiger partial charge in [0.1, 0.15) is 0 Å². The molecule has 0 radical (unpaired) electrons. The van der Waals surface area contributed by atoms with Crippen LogP contribution in [0.4, 0.5) is 0 Å². The van der Waals surface area contributed by atoms with Gasteiger partial charge in [-0.05, 0) is 57.5 Å². The number of nitrogens with two attached hydrogens (primary N) is 1. The van der Waals surface area contributed by atoms with E-state index < -0.39 is 21.2 Å². The molecule has 1 fully saturated rings. The first-order chi connectivity index (χ1) is 10.8. The second kappa shape index (κ2) is 7.42. The lowest BCUT2D eigenvalue weighted by molar-refractivity contribution is 0.0981. The molecule has 1 saturated heterocycles. The van der Waals surface area contributed by atoms with Gasteiger partial charge < -0.3 is 5.73 Å². The van der Waals surface area contributed by atoms with Crippen LogP contribution in [0.1, 0.15) is 42.6 Å². The first-order valence-corrected chi connectivity index (χ1v) is 9.45. The van der Waals surface area contributed by atoms with Gasteiger partial charge in [-0.2, -0.15) is 0 Å². The number of amides is 1. The summed E-state index contributed by atoms with van der Waals surface area (Å²) in [6, 6.07) is 7.36. The average molecular weight is 339 g/mol. The molecule has 2 rings (SSSR count). The molecule has 23 heavy (non-hydrogen) atoms. The molecule has 1 heterocycles. The fourth-order valence-corrected chi connectivity index (χ4v) is 3.05. The number of hydrogen-bond acceptors (Lipinski definition) is 5. The molecule has 128 valence electrons. The minimum atomic E-state index is -3.60. The van der Waals surface area contributed by atoms with Crippen molar-refractivity contribution >= 4 is 15.9 Å². The summed E-state index contributed by atoms with van der Waals surface area (Å²) in [4.78, 5) is 14.3. The molecule has 0 spiro atoms. The van der Waals surface area contributed by atoms with Gasteiger partial charge in [-0.1, -0.05) is 12.1 Å². The molecule has 1 aromatic carbocycles. The number of benzene rings is 1. The summed E-state index contributed by atoms with van der Waals surface area (Å²) in [5, 5.41) is -0.642. The smallest absolute Gasteiger partial charge is 0.264 e. The normalized spacial score (nSPS) is 17.4. The van der Waals surface area contributed by atoms with Crippen LogP contribution in [0.15, 0.2) is 24.3 Å². The Hall–Kier alpha value is -1.44. The van der Waals surface area contributed by atoms with E-state index in [1.807, 2.05) is 12.1 Å². The molecule has 0 saturated carbocycles. The number of carbonyl (C=O) groups is 1. The van der Waals surface area contributed by atoms with Crippen molar-refractivity contribution in [3.63, 3.8) is 0 Å². The molecule has 7 heteroatoms. The van der Waals surface area contributed by atoms with Crippen LogP contribution >= 0.6 is 0 Å². The number of sulfonamides is 1. The van der Waals surface area contributed by atoms with Gasteiger partial charge in [-0.25, -0.2) is 13.1 Å². The largest absolute Gasteiger partial charge is 0.328 e. The summed E-state index contributed by atoms with van der Waals surface area (Å²) < 4.78 is 25.5. The van der Waals surface area contributed by atoms with Crippen molar-refractivity contribution in [2.24, 2.45) is 5.73 Å². The van der Waals surface area contributed by atoms with Gasteiger partial charge in [-0.3, -0.25) is 9.69 Å². The number of hydrogen-bond donors (Lipinski definition) is 2. The van der Waals surface area contributed by atoms with Gasteiger partial charge in [0, 0.05) is 18.2 Å². The molecular formula is C16H25N3O3S. The van der Waals surface area contributed by atoms with Crippen molar-refractivity contribution in [1.82, 2.24) is 9.62 Å². The summed E-state index contributed by atoms with van der Waals surface area (Å²) in [6.07, 6.45) is 2.01. The highest BCUT2D eigenvalue weighted by molar-refractivity contribution is 7.90. The van der Waals surface area contributed by atoms with Crippen LogP contribution in [0.3, 0.4) is 0 Å². The van der Waals surface area contributed by atoms with E-state index >= 15 is 0 Å². The van der Waals surface area contributed by atoms with Crippen molar-refractivity contribution in [2.75, 3.05) is 13.1 Å². The monoisotopic (exact) mass is 339 g/mol. The summed E-state index contributed by atoms with van der Waals surface area (Å²) in [5.74, 6) is -0.589. The maximum atomic E-state index is 12.0. The molecular weight excluding hydrogens is 314 g/mol. The lowest BCUT2D eigenvalue weighted by Gasteiger charge is -2.30. The van der Waals surface area contributed by atoms with E-state index in [1.165, 1.54) is 13.8 Å². The Labute approximate surface area is 138 Å². The predicted octanol–water partition coefficient (Wildman–Crippen LogP) is 1.08. The fourth-order valence-electron chi connectivity index (χ4n) is 2.44. The number of nitrogens with one attached hydrogen (secondary N) is 1. The van der Waals surface area contributed by atoms with E-state index in [4.69, 9.17) is 5.73 Å². The van der Waals surface area contributed by atoms with Crippen molar-refractivity contribution in [2.45, 2.75) is 44.5 Å². The summed E-state index contributed by atoms with van der Waals surface area (Å²) >= 11 is 0. The lowest BCUT2D eigenvalue weighted by atomic mass is 10.0. The topological polar surface area (TPSA) is 92.5 Å². The second-order valence-corrected chi connectivity index (χ2v) is 8.57. The highest BCUT2D eigenvalue weighted by Gasteiger charge is 2.20. The molecule has 3 N–H and O–H groups in total. The standard InChI is InChI=1S/C16H25N3O3S/c1-12(2)23(21,22)18-16(20)14-5-3-13(4-6-14)11-19-9-7-15(17)8-10-19/h3-6,12,15H,7-11,17H2,1-2H3,(H,18,20). The zero-order chi connectivity index (χ0) is 17.0. The number of likely N-dealkylation sites (tertiary alicyclic amines) is 1. The molecule has 0 aliphatic carbocycles. The van der Waals surface area contributed by atoms with E-state index in [-0.39, 0.29) is 0 Å². The molecule has 0 atom stereocenters. The molecule has 0 unspecified atom stereocenters. The molecule has 0 aromatic heterocycles. The van der Waals surface area contributed by atoms with Gasteiger partial charge >= 0.3 is 0 Å². The van der Waals surface area contributed by atoms with Crippen LogP contribution in [-0.4, -0.2) is 43.6 Å². The first kappa shape index (κ1) is 17.9. The zero-order valence-corrected chi connectivity index (χ0v) is 14.5. The second-order valence-electron chi connectivity index (χ2n) is 6.34. The number of rotatable bonds is 5. The Morgan fingerprint density at radius 1 is 1.26 bits per heavy atom. The van der Waals surface area contributed by atoms with Gasteiger partial charge in [0.2, 0.25) is 10.0 Å². The summed E-state index contributed by atoms with van der Waals surface area (Å²) in [6.45, 7) is 5.84. The van der Waals surface area contributed by atoms with Crippen LogP contribution in [0.2, 0.25) is 0 Å². The third kappa shape index (κ3) is 5.02. The Kier molecular flexibility index (Phi) is 5.78. The predicted molar refractivity (Wildman–Crippen MR) is 90.5 cm³/mol. The lowest BCUT2D eigenvalue weighted by Crippen LogP contribution is -2.39. The number of nitrogens with zero attached hydrogens (tertiary/aromatic N) is 1. The fraction of sp³-hybridized carbons (Fsp3) is 0.562. The highest BCUT2D eigenvalue weighted by Crippen LogP contribution is 2.13. The Bertz CT molecular complexity index is 633. The van der Waals surface area contributed by atoms with E-state index in [0.29, 0.717) is 11.6 Å². The minimum Gasteiger partial charge on any atom is -0.328 e. The van der Waals surface area contributed by atoms with Crippen LogP contribution in [0, 0.1) is 0 Å². The molecule has 6 nitrogen and oxygen atoms in total. The van der Waals surface area contributed by atoms with E-state index in [0.717, 1.165) is 38.0 Å². The Morgan fingerprint density at radius 3 is 2.35 bits per heavy atom. The van der Waals surface area contributed by atoms with Crippen LogP contribution in [0.25, 0.3) is 0 Å². The summed E-state index contributed by atoms with van der Waals surface area (Å²) in [7, 11) is -3.60. The van der Waals surface area contributed by atoms with Crippen LogP contribution < -0.4 is 10.5 Å². The molecule has 1 aliphatic rings. The number of carbonyl (C=O) groups excluding carboxylic acids is 1. The van der Waals surface area contributed by atoms with Crippen molar-refractivity contribution in [1.29, 1.82) is 0 Å².